The first-order chi connectivity index (χ1) is 16.2. The fraction of sp³-hybridized carbons (Fsp3) is 0.840. The Balaban J connectivity index is 2.28. The number of hydrogen-bond acceptors (Lipinski definition) is 6. The summed E-state index contributed by atoms with van der Waals surface area (Å²) in [7, 11) is 0. The van der Waals surface area contributed by atoms with Crippen molar-refractivity contribution in [1.82, 2.24) is 20.1 Å². The lowest BCUT2D eigenvalue weighted by molar-refractivity contribution is 0.239. The summed E-state index contributed by atoms with van der Waals surface area (Å²) < 4.78 is 4.15. The average molecular weight is 481 g/mol. The van der Waals surface area contributed by atoms with Gasteiger partial charge < -0.3 is 5.32 Å². The highest BCUT2D eigenvalue weighted by molar-refractivity contribution is 7.09. The highest BCUT2D eigenvalue weighted by Crippen LogP contribution is 2.19. The summed E-state index contributed by atoms with van der Waals surface area (Å²) in [6, 6.07) is -0.225. The third-order valence-electron chi connectivity index (χ3n) is 5.99. The minimum atomic E-state index is -0.225. The first-order valence-corrected chi connectivity index (χ1v) is 14.0. The van der Waals surface area contributed by atoms with Gasteiger partial charge >= 0.3 is 6.03 Å². The molecule has 0 saturated heterocycles. The van der Waals surface area contributed by atoms with Gasteiger partial charge in [0.25, 0.3) is 0 Å². The Hall–Kier alpha value is -1.70. The zero-order chi connectivity index (χ0) is 24.0. The van der Waals surface area contributed by atoms with Crippen LogP contribution < -0.4 is 16.2 Å². The van der Waals surface area contributed by atoms with Gasteiger partial charge in [-0.1, -0.05) is 104 Å². The smallest absolute Gasteiger partial charge is 0.333 e. The maximum absolute atomic E-state index is 12.2. The molecule has 0 saturated carbocycles. The van der Waals surface area contributed by atoms with Crippen LogP contribution in [0.1, 0.15) is 122 Å². The van der Waals surface area contributed by atoms with Gasteiger partial charge in [-0.05, 0) is 25.5 Å². The van der Waals surface area contributed by atoms with Crippen LogP contribution in [0, 0.1) is 5.92 Å². The SMILES string of the molecule is C=NCc1nsc(NNC(=O)NCC(CCCCCCCC)CCCCCCCCCC)n1. The van der Waals surface area contributed by atoms with Gasteiger partial charge in [-0.25, -0.2) is 15.2 Å². The van der Waals surface area contributed by atoms with E-state index < -0.39 is 0 Å². The molecule has 1 rings (SSSR count). The monoisotopic (exact) mass is 480 g/mol. The summed E-state index contributed by atoms with van der Waals surface area (Å²) in [5, 5.41) is 3.58. The molecule has 0 bridgehead atoms. The molecule has 33 heavy (non-hydrogen) atoms. The summed E-state index contributed by atoms with van der Waals surface area (Å²) >= 11 is 1.19. The van der Waals surface area contributed by atoms with Gasteiger partial charge in [0.2, 0.25) is 5.13 Å². The van der Waals surface area contributed by atoms with Gasteiger partial charge in [0.1, 0.15) is 0 Å². The minimum absolute atomic E-state index is 0.225. The molecule has 0 aromatic carbocycles. The topological polar surface area (TPSA) is 91.3 Å². The molecule has 7 nitrogen and oxygen atoms in total. The highest BCUT2D eigenvalue weighted by atomic mass is 32.1. The molecular weight excluding hydrogens is 432 g/mol. The van der Waals surface area contributed by atoms with E-state index in [0.29, 0.717) is 23.4 Å². The second-order valence-electron chi connectivity index (χ2n) is 9.04. The first kappa shape index (κ1) is 29.3. The van der Waals surface area contributed by atoms with Crippen LogP contribution in [-0.2, 0) is 6.54 Å². The Kier molecular flexibility index (Phi) is 18.6. The van der Waals surface area contributed by atoms with E-state index in [1.165, 1.54) is 114 Å². The Bertz CT molecular complexity index is 609. The van der Waals surface area contributed by atoms with E-state index in [9.17, 15) is 4.79 Å². The third-order valence-corrected chi connectivity index (χ3v) is 6.66. The summed E-state index contributed by atoms with van der Waals surface area (Å²) in [4.78, 5) is 20.3. The van der Waals surface area contributed by atoms with Crippen LogP contribution in [-0.4, -0.2) is 28.7 Å². The lowest BCUT2D eigenvalue weighted by Crippen LogP contribution is -2.41. The molecule has 2 amide bonds. The fourth-order valence-electron chi connectivity index (χ4n) is 3.99. The van der Waals surface area contributed by atoms with Gasteiger partial charge in [0, 0.05) is 18.1 Å². The molecule has 0 aliphatic rings. The number of hydrazine groups is 1. The van der Waals surface area contributed by atoms with Crippen LogP contribution in [0.3, 0.4) is 0 Å². The molecule has 0 fully saturated rings. The van der Waals surface area contributed by atoms with E-state index in [-0.39, 0.29) is 6.03 Å². The lowest BCUT2D eigenvalue weighted by Gasteiger charge is -2.18. The van der Waals surface area contributed by atoms with Crippen molar-refractivity contribution in [3.63, 3.8) is 0 Å². The largest absolute Gasteiger partial charge is 0.336 e. The van der Waals surface area contributed by atoms with E-state index in [1.54, 1.807) is 0 Å². The summed E-state index contributed by atoms with van der Waals surface area (Å²) in [5.41, 5.74) is 5.48. The molecule has 1 aromatic heterocycles. The number of urea groups is 1. The van der Waals surface area contributed by atoms with E-state index in [4.69, 9.17) is 0 Å². The van der Waals surface area contributed by atoms with Crippen molar-refractivity contribution >= 4 is 29.4 Å². The molecule has 8 heteroatoms. The average Bonchev–Trinajstić information content (AvgIpc) is 3.27. The van der Waals surface area contributed by atoms with Crippen molar-refractivity contribution in [2.75, 3.05) is 12.0 Å². The second-order valence-corrected chi connectivity index (χ2v) is 9.80. The number of carbonyl (C=O) groups is 1. The maximum Gasteiger partial charge on any atom is 0.333 e. The molecule has 1 aromatic rings. The summed E-state index contributed by atoms with van der Waals surface area (Å²) in [6.07, 6.45) is 21.0. The van der Waals surface area contributed by atoms with Gasteiger partial charge in [-0.2, -0.15) is 4.37 Å². The minimum Gasteiger partial charge on any atom is -0.336 e. The number of unbranched alkanes of at least 4 members (excludes halogenated alkanes) is 12. The van der Waals surface area contributed by atoms with Crippen LogP contribution in [0.5, 0.6) is 0 Å². The van der Waals surface area contributed by atoms with Crippen LogP contribution in [0.25, 0.3) is 0 Å². The molecule has 0 spiro atoms. The lowest BCUT2D eigenvalue weighted by atomic mass is 9.94. The Labute approximate surface area is 206 Å². The van der Waals surface area contributed by atoms with Crippen molar-refractivity contribution in [2.45, 2.75) is 123 Å². The fourth-order valence-corrected chi connectivity index (χ4v) is 4.52. The molecule has 1 atom stereocenters. The Morgan fingerprint density at radius 3 is 2.00 bits per heavy atom. The van der Waals surface area contributed by atoms with Crippen LogP contribution in [0.4, 0.5) is 9.93 Å². The third kappa shape index (κ3) is 16.5. The number of carbonyl (C=O) groups excluding carboxylic acids is 1. The van der Waals surface area contributed by atoms with Gasteiger partial charge in [-0.3, -0.25) is 10.4 Å². The van der Waals surface area contributed by atoms with E-state index in [1.807, 2.05) is 0 Å². The molecule has 190 valence electrons. The number of aromatic nitrogens is 2. The van der Waals surface area contributed by atoms with Crippen LogP contribution in [0.2, 0.25) is 0 Å². The molecular formula is C25H48N6OS. The predicted octanol–water partition coefficient (Wildman–Crippen LogP) is 7.26. The number of nitrogens with zero attached hydrogens (tertiary/aromatic N) is 3. The zero-order valence-corrected chi connectivity index (χ0v) is 22.0. The molecule has 1 heterocycles. The van der Waals surface area contributed by atoms with Crippen molar-refractivity contribution in [1.29, 1.82) is 0 Å². The van der Waals surface area contributed by atoms with E-state index in [0.717, 1.165) is 6.54 Å². The Morgan fingerprint density at radius 1 is 0.909 bits per heavy atom. The van der Waals surface area contributed by atoms with Crippen molar-refractivity contribution < 1.29 is 4.79 Å². The van der Waals surface area contributed by atoms with Gasteiger partial charge in [0.15, 0.2) is 5.82 Å². The maximum atomic E-state index is 12.2. The van der Waals surface area contributed by atoms with Gasteiger partial charge in [-0.15, -0.1) is 0 Å². The number of amides is 2. The van der Waals surface area contributed by atoms with Crippen molar-refractivity contribution in [3.05, 3.63) is 5.82 Å². The number of nitrogens with one attached hydrogen (secondary N) is 3. The summed E-state index contributed by atoms with van der Waals surface area (Å²) in [5.74, 6) is 1.15. The quantitative estimate of drug-likeness (QED) is 0.0925. The van der Waals surface area contributed by atoms with Crippen molar-refractivity contribution in [2.24, 2.45) is 10.9 Å². The van der Waals surface area contributed by atoms with Crippen molar-refractivity contribution in [3.8, 4) is 0 Å². The molecule has 0 aliphatic carbocycles. The second kappa shape index (κ2) is 20.9. The van der Waals surface area contributed by atoms with E-state index >= 15 is 0 Å². The molecule has 0 radical (unpaired) electrons. The molecule has 3 N–H and O–H groups in total. The number of rotatable bonds is 22. The van der Waals surface area contributed by atoms with Crippen LogP contribution >= 0.6 is 11.5 Å². The van der Waals surface area contributed by atoms with E-state index in [2.05, 4.69) is 51.1 Å². The highest BCUT2D eigenvalue weighted by Gasteiger charge is 2.11. The first-order valence-electron chi connectivity index (χ1n) is 13.2. The standard InChI is InChI=1S/C25H48N6OS/c1-4-6-8-10-12-13-15-17-19-22(18-16-14-11-9-7-5-2)20-27-24(32)29-30-25-28-23(21-26-3)31-33-25/h22H,3-21H2,1-2H3,(H2,27,29,32)(H,28,30,31). The predicted molar refractivity (Wildman–Crippen MR) is 142 cm³/mol. The van der Waals surface area contributed by atoms with Crippen LogP contribution in [0.15, 0.2) is 4.99 Å². The Morgan fingerprint density at radius 2 is 1.45 bits per heavy atom. The number of hydrogen-bond donors (Lipinski definition) is 3. The molecule has 0 aliphatic heterocycles. The zero-order valence-electron chi connectivity index (χ0n) is 21.2. The van der Waals surface area contributed by atoms with Gasteiger partial charge in [0.05, 0.1) is 6.54 Å². The number of aliphatic imine (C=N–C) groups is 1. The number of anilines is 1. The summed E-state index contributed by atoms with van der Waals surface area (Å²) in [6.45, 7) is 9.07. The normalized spacial score (nSPS) is 11.8. The molecule has 1 unspecified atom stereocenters.